The van der Waals surface area contributed by atoms with Gasteiger partial charge < -0.3 is 4.74 Å². The van der Waals surface area contributed by atoms with E-state index >= 15 is 0 Å². The normalized spacial score (nSPS) is 11.6. The maximum Gasteiger partial charge on any atom is 0.216 e. The molecule has 0 N–H and O–H groups in total. The van der Waals surface area contributed by atoms with Gasteiger partial charge in [0.05, 0.1) is 4.90 Å². The second-order valence-electron chi connectivity index (χ2n) is 6.28. The summed E-state index contributed by atoms with van der Waals surface area (Å²) in [7, 11) is -3.85. The van der Waals surface area contributed by atoms with E-state index in [-0.39, 0.29) is 9.80 Å². The summed E-state index contributed by atoms with van der Waals surface area (Å²) in [6.07, 6.45) is 1.37. The van der Waals surface area contributed by atoms with Crippen molar-refractivity contribution in [3.05, 3.63) is 100 Å². The first-order valence-electron chi connectivity index (χ1n) is 8.69. The third-order valence-corrected chi connectivity index (χ3v) is 5.84. The van der Waals surface area contributed by atoms with Crippen molar-refractivity contribution in [1.29, 1.82) is 5.26 Å². The third kappa shape index (κ3) is 4.67. The van der Waals surface area contributed by atoms with Gasteiger partial charge in [0.1, 0.15) is 23.3 Å². The molecule has 3 aromatic rings. The summed E-state index contributed by atoms with van der Waals surface area (Å²) in [4.78, 5) is -0.192. The molecule has 0 aliphatic carbocycles. The number of allylic oxidation sites excluding steroid dienone is 1. The van der Waals surface area contributed by atoms with Crippen molar-refractivity contribution >= 4 is 15.9 Å². The zero-order chi connectivity index (χ0) is 20.0. The molecule has 0 bridgehead atoms. The average Bonchev–Trinajstić information content (AvgIpc) is 2.72. The summed E-state index contributed by atoms with van der Waals surface area (Å²) in [6.45, 7) is 2.32. The highest BCUT2D eigenvalue weighted by molar-refractivity contribution is 7.95. The highest BCUT2D eigenvalue weighted by Gasteiger charge is 2.20. The van der Waals surface area contributed by atoms with Crippen LogP contribution in [0.4, 0.5) is 0 Å². The van der Waals surface area contributed by atoms with Crippen LogP contribution >= 0.6 is 0 Å². The van der Waals surface area contributed by atoms with Crippen molar-refractivity contribution < 1.29 is 13.2 Å². The molecule has 0 heterocycles. The Kier molecular flexibility index (Phi) is 5.93. The van der Waals surface area contributed by atoms with Crippen LogP contribution in [0.3, 0.4) is 0 Å². The molecular formula is C23H19NO3S. The summed E-state index contributed by atoms with van der Waals surface area (Å²) < 4.78 is 31.1. The van der Waals surface area contributed by atoms with Gasteiger partial charge in [-0.25, -0.2) is 8.42 Å². The first-order chi connectivity index (χ1) is 13.5. The summed E-state index contributed by atoms with van der Waals surface area (Å²) in [5.74, 6) is 0.668. The Morgan fingerprint density at radius 1 is 0.964 bits per heavy atom. The van der Waals surface area contributed by atoms with Gasteiger partial charge in [0.15, 0.2) is 0 Å². The van der Waals surface area contributed by atoms with E-state index in [4.69, 9.17) is 4.74 Å². The minimum absolute atomic E-state index is 0.105. The molecule has 0 saturated heterocycles. The summed E-state index contributed by atoms with van der Waals surface area (Å²) in [5, 5.41) is 9.38. The first-order valence-corrected chi connectivity index (χ1v) is 10.2. The van der Waals surface area contributed by atoms with Crippen LogP contribution in [0, 0.1) is 18.3 Å². The monoisotopic (exact) mass is 389 g/mol. The second-order valence-corrected chi connectivity index (χ2v) is 8.20. The molecule has 0 aliphatic rings. The van der Waals surface area contributed by atoms with E-state index < -0.39 is 9.84 Å². The number of ether oxygens (including phenoxy) is 1. The van der Waals surface area contributed by atoms with Crippen LogP contribution in [0.2, 0.25) is 0 Å². The summed E-state index contributed by atoms with van der Waals surface area (Å²) in [6, 6.07) is 25.0. The Morgan fingerprint density at radius 2 is 1.61 bits per heavy atom. The van der Waals surface area contributed by atoms with E-state index in [9.17, 15) is 13.7 Å². The number of aryl methyl sites for hydroxylation is 1. The van der Waals surface area contributed by atoms with Crippen molar-refractivity contribution in [2.75, 3.05) is 0 Å². The number of sulfone groups is 1. The molecule has 0 unspecified atom stereocenters. The van der Waals surface area contributed by atoms with Crippen LogP contribution in [0.25, 0.3) is 6.08 Å². The van der Waals surface area contributed by atoms with Gasteiger partial charge in [-0.1, -0.05) is 60.2 Å². The number of benzene rings is 3. The molecular weight excluding hydrogens is 370 g/mol. The molecule has 0 fully saturated rings. The quantitative estimate of drug-likeness (QED) is 0.562. The fraction of sp³-hybridized carbons (Fsp3) is 0.0870. The largest absolute Gasteiger partial charge is 0.489 e. The molecule has 0 radical (unpaired) electrons. The van der Waals surface area contributed by atoms with Gasteiger partial charge in [0.2, 0.25) is 9.84 Å². The molecule has 0 saturated carbocycles. The fourth-order valence-corrected chi connectivity index (χ4v) is 3.73. The Morgan fingerprint density at radius 3 is 2.21 bits per heavy atom. The highest BCUT2D eigenvalue weighted by atomic mass is 32.2. The maximum atomic E-state index is 12.7. The molecule has 3 aromatic carbocycles. The molecule has 0 amide bonds. The van der Waals surface area contributed by atoms with E-state index in [1.807, 2.05) is 43.3 Å². The molecule has 140 valence electrons. The molecule has 0 atom stereocenters. The standard InChI is InChI=1S/C23H19NO3S/c1-18-7-13-22(14-8-18)28(25,26)23(16-24)15-19-9-11-21(12-10-19)27-17-20-5-3-2-4-6-20/h2-15H,17H2,1H3/b23-15+. The van der Waals surface area contributed by atoms with E-state index in [0.717, 1.165) is 11.1 Å². The van der Waals surface area contributed by atoms with Crippen LogP contribution in [0.5, 0.6) is 5.75 Å². The topological polar surface area (TPSA) is 67.2 Å². The molecule has 4 nitrogen and oxygen atoms in total. The van der Waals surface area contributed by atoms with E-state index in [2.05, 4.69) is 0 Å². The van der Waals surface area contributed by atoms with Gasteiger partial charge in [-0.3, -0.25) is 0 Å². The molecule has 0 spiro atoms. The molecule has 0 aromatic heterocycles. The van der Waals surface area contributed by atoms with Gasteiger partial charge in [0, 0.05) is 0 Å². The smallest absolute Gasteiger partial charge is 0.216 e. The van der Waals surface area contributed by atoms with Crippen molar-refractivity contribution in [1.82, 2.24) is 0 Å². The minimum atomic E-state index is -3.85. The third-order valence-electron chi connectivity index (χ3n) is 4.16. The van der Waals surface area contributed by atoms with Crippen molar-refractivity contribution in [3.8, 4) is 11.8 Å². The Labute approximate surface area is 165 Å². The molecule has 3 rings (SSSR count). The summed E-state index contributed by atoms with van der Waals surface area (Å²) in [5.41, 5.74) is 2.62. The Hall–Kier alpha value is -3.36. The fourth-order valence-electron chi connectivity index (χ4n) is 2.57. The van der Waals surface area contributed by atoms with Gasteiger partial charge in [-0.15, -0.1) is 0 Å². The van der Waals surface area contributed by atoms with Crippen LogP contribution in [0.1, 0.15) is 16.7 Å². The number of rotatable bonds is 6. The van der Waals surface area contributed by atoms with Crippen molar-refractivity contribution in [2.24, 2.45) is 0 Å². The predicted octanol–water partition coefficient (Wildman–Crippen LogP) is 4.91. The number of nitriles is 1. The van der Waals surface area contributed by atoms with Gasteiger partial charge in [-0.2, -0.15) is 5.26 Å². The van der Waals surface area contributed by atoms with Gasteiger partial charge in [0.25, 0.3) is 0 Å². The average molecular weight is 389 g/mol. The molecule has 28 heavy (non-hydrogen) atoms. The van der Waals surface area contributed by atoms with Gasteiger partial charge >= 0.3 is 0 Å². The van der Waals surface area contributed by atoms with Crippen LogP contribution < -0.4 is 4.74 Å². The van der Waals surface area contributed by atoms with E-state index in [1.54, 1.807) is 36.4 Å². The van der Waals surface area contributed by atoms with Gasteiger partial charge in [-0.05, 0) is 48.4 Å². The number of nitrogens with zero attached hydrogens (tertiary/aromatic N) is 1. The minimum Gasteiger partial charge on any atom is -0.489 e. The lowest BCUT2D eigenvalue weighted by Crippen LogP contribution is -2.03. The number of hydrogen-bond acceptors (Lipinski definition) is 4. The lowest BCUT2D eigenvalue weighted by atomic mass is 10.2. The SMILES string of the molecule is Cc1ccc(S(=O)(=O)/C(C#N)=C/c2ccc(OCc3ccccc3)cc2)cc1. The van der Waals surface area contributed by atoms with E-state index in [0.29, 0.717) is 17.9 Å². The number of hydrogen-bond donors (Lipinski definition) is 0. The van der Waals surface area contributed by atoms with Crippen LogP contribution in [0.15, 0.2) is 88.7 Å². The molecule has 5 heteroatoms. The van der Waals surface area contributed by atoms with Crippen LogP contribution in [-0.4, -0.2) is 8.42 Å². The highest BCUT2D eigenvalue weighted by Crippen LogP contribution is 2.23. The first kappa shape index (κ1) is 19.4. The zero-order valence-corrected chi connectivity index (χ0v) is 16.2. The predicted molar refractivity (Wildman–Crippen MR) is 109 cm³/mol. The summed E-state index contributed by atoms with van der Waals surface area (Å²) >= 11 is 0. The lowest BCUT2D eigenvalue weighted by Gasteiger charge is -2.07. The van der Waals surface area contributed by atoms with Crippen LogP contribution in [-0.2, 0) is 16.4 Å². The van der Waals surface area contributed by atoms with Crippen molar-refractivity contribution in [2.45, 2.75) is 18.4 Å². The Balaban J connectivity index is 1.77. The Bertz CT molecular complexity index is 1110. The second kappa shape index (κ2) is 8.55. The van der Waals surface area contributed by atoms with Crippen molar-refractivity contribution in [3.63, 3.8) is 0 Å². The maximum absolute atomic E-state index is 12.7. The zero-order valence-electron chi connectivity index (χ0n) is 15.4. The van der Waals surface area contributed by atoms with E-state index in [1.165, 1.54) is 18.2 Å². The lowest BCUT2D eigenvalue weighted by molar-refractivity contribution is 0.306. The molecule has 0 aliphatic heterocycles.